The first-order valence-electron chi connectivity index (χ1n) is 5.14. The van der Waals surface area contributed by atoms with Gasteiger partial charge in [0.2, 0.25) is 0 Å². The molecule has 0 bridgehead atoms. The van der Waals surface area contributed by atoms with E-state index < -0.39 is 11.9 Å². The van der Waals surface area contributed by atoms with E-state index in [9.17, 15) is 9.59 Å². The third-order valence-corrected chi connectivity index (χ3v) is 4.28. The van der Waals surface area contributed by atoms with Crippen LogP contribution in [-0.2, 0) is 9.59 Å². The van der Waals surface area contributed by atoms with Crippen molar-refractivity contribution in [1.82, 2.24) is 0 Å². The molecule has 0 radical (unpaired) electrons. The summed E-state index contributed by atoms with van der Waals surface area (Å²) >= 11 is 0.566. The molecule has 0 aliphatic rings. The molecule has 0 saturated carbocycles. The van der Waals surface area contributed by atoms with E-state index in [1.807, 2.05) is 0 Å². The number of carboxylic acid groups (broad SMARTS) is 2. The van der Waals surface area contributed by atoms with E-state index >= 15 is 0 Å². The van der Waals surface area contributed by atoms with Crippen LogP contribution in [0.2, 0.25) is 10.6 Å². The van der Waals surface area contributed by atoms with Gasteiger partial charge in [-0.25, -0.2) is 0 Å². The van der Waals surface area contributed by atoms with Crippen molar-refractivity contribution >= 4 is 26.9 Å². The van der Waals surface area contributed by atoms with Crippen LogP contribution in [0.3, 0.4) is 0 Å². The molecule has 0 aromatic heterocycles. The second-order valence-corrected chi connectivity index (χ2v) is 5.88. The van der Waals surface area contributed by atoms with Crippen molar-refractivity contribution in [2.45, 2.75) is 49.2 Å². The Bertz CT molecular complexity index is 174. The summed E-state index contributed by atoms with van der Waals surface area (Å²) in [7, 11) is 0. The Labute approximate surface area is 96.2 Å². The zero-order valence-corrected chi connectivity index (χ0v) is 10.5. The van der Waals surface area contributed by atoms with E-state index in [0.29, 0.717) is 15.0 Å². The minimum atomic E-state index is -0.719. The van der Waals surface area contributed by atoms with E-state index in [-0.39, 0.29) is 12.8 Å². The summed E-state index contributed by atoms with van der Waals surface area (Å²) in [6.45, 7) is 0. The second-order valence-electron chi connectivity index (χ2n) is 3.31. The van der Waals surface area contributed by atoms with Gasteiger partial charge in [0.25, 0.3) is 0 Å². The average molecular weight is 281 g/mol. The van der Waals surface area contributed by atoms with Crippen molar-refractivity contribution in [1.29, 1.82) is 0 Å². The zero-order chi connectivity index (χ0) is 11.5. The molecule has 0 saturated heterocycles. The fourth-order valence-electron chi connectivity index (χ4n) is 1.06. The molecule has 88 valence electrons. The molecule has 0 heterocycles. The van der Waals surface area contributed by atoms with Crippen LogP contribution < -0.4 is 0 Å². The molecule has 0 amide bonds. The summed E-state index contributed by atoms with van der Waals surface area (Å²) < 4.78 is 0. The van der Waals surface area contributed by atoms with Crippen LogP contribution in [0.5, 0.6) is 0 Å². The van der Waals surface area contributed by atoms with Crippen molar-refractivity contribution in [3.8, 4) is 0 Å². The van der Waals surface area contributed by atoms with E-state index in [1.54, 1.807) is 0 Å². The second kappa shape index (κ2) is 9.99. The third-order valence-electron chi connectivity index (χ3n) is 1.86. The molecule has 0 aliphatic heterocycles. The van der Waals surface area contributed by atoms with Gasteiger partial charge in [-0.2, -0.15) is 0 Å². The number of hydrogen-bond acceptors (Lipinski definition) is 2. The van der Waals surface area contributed by atoms with Crippen molar-refractivity contribution in [2.75, 3.05) is 0 Å². The van der Waals surface area contributed by atoms with Crippen molar-refractivity contribution in [2.24, 2.45) is 0 Å². The standard InChI is InChI=1S/C10H18O4Se/c11-9(12)5-1-3-7-15-8-4-2-6-10(13)14/h1-8H2,(H,11,12)(H,13,14). The SMILES string of the molecule is O=C(O)CCCC[Se]CCCCC(=O)O. The first kappa shape index (κ1) is 14.5. The van der Waals surface area contributed by atoms with Gasteiger partial charge >= 0.3 is 95.9 Å². The quantitative estimate of drug-likeness (QED) is 0.474. The molecule has 0 spiro atoms. The van der Waals surface area contributed by atoms with Gasteiger partial charge in [0.15, 0.2) is 0 Å². The van der Waals surface area contributed by atoms with Gasteiger partial charge < -0.3 is 0 Å². The molecule has 0 atom stereocenters. The number of rotatable bonds is 10. The van der Waals surface area contributed by atoms with Crippen LogP contribution in [-0.4, -0.2) is 37.1 Å². The van der Waals surface area contributed by atoms with Crippen LogP contribution in [0.25, 0.3) is 0 Å². The van der Waals surface area contributed by atoms with Crippen LogP contribution in [0.4, 0.5) is 0 Å². The Balaban J connectivity index is 2.99. The Morgan fingerprint density at radius 2 is 1.20 bits per heavy atom. The maximum absolute atomic E-state index is 10.2. The Kier molecular flexibility index (Phi) is 9.63. The molecular formula is C10H18O4Se. The van der Waals surface area contributed by atoms with Gasteiger partial charge in [-0.1, -0.05) is 0 Å². The molecule has 0 aromatic carbocycles. The fourth-order valence-corrected chi connectivity index (χ4v) is 3.20. The number of unbranched alkanes of at least 4 members (excludes halogenated alkanes) is 2. The monoisotopic (exact) mass is 282 g/mol. The summed E-state index contributed by atoms with van der Waals surface area (Å²) in [4.78, 5) is 20.4. The van der Waals surface area contributed by atoms with Crippen LogP contribution in [0.15, 0.2) is 0 Å². The van der Waals surface area contributed by atoms with Gasteiger partial charge in [-0.15, -0.1) is 0 Å². The molecular weight excluding hydrogens is 263 g/mol. The Hall–Kier alpha value is -0.541. The Morgan fingerprint density at radius 1 is 0.800 bits per heavy atom. The fraction of sp³-hybridized carbons (Fsp3) is 0.800. The topological polar surface area (TPSA) is 74.6 Å². The predicted molar refractivity (Wildman–Crippen MR) is 58.3 cm³/mol. The van der Waals surface area contributed by atoms with Crippen LogP contribution in [0, 0.1) is 0 Å². The molecule has 0 aliphatic carbocycles. The molecule has 4 nitrogen and oxygen atoms in total. The summed E-state index contributed by atoms with van der Waals surface area (Å²) in [6, 6.07) is 0. The molecule has 15 heavy (non-hydrogen) atoms. The summed E-state index contributed by atoms with van der Waals surface area (Å²) in [5.41, 5.74) is 0. The van der Waals surface area contributed by atoms with Gasteiger partial charge in [0, 0.05) is 0 Å². The van der Waals surface area contributed by atoms with E-state index in [1.165, 1.54) is 0 Å². The number of carbonyl (C=O) groups is 2. The third kappa shape index (κ3) is 13.5. The van der Waals surface area contributed by atoms with Gasteiger partial charge in [-0.05, 0) is 0 Å². The zero-order valence-electron chi connectivity index (χ0n) is 8.78. The molecule has 5 heteroatoms. The first-order chi connectivity index (χ1) is 7.13. The predicted octanol–water partition coefficient (Wildman–Crippen LogP) is 2.04. The van der Waals surface area contributed by atoms with E-state index in [0.717, 1.165) is 36.3 Å². The number of aliphatic carboxylic acids is 2. The minimum absolute atomic E-state index is 0.273. The first-order valence-corrected chi connectivity index (χ1v) is 7.56. The number of carboxylic acids is 2. The summed E-state index contributed by atoms with van der Waals surface area (Å²) in [5.74, 6) is -1.44. The Morgan fingerprint density at radius 3 is 1.53 bits per heavy atom. The molecule has 0 rings (SSSR count). The van der Waals surface area contributed by atoms with E-state index in [2.05, 4.69) is 0 Å². The molecule has 0 fully saturated rings. The van der Waals surface area contributed by atoms with Crippen molar-refractivity contribution in [3.05, 3.63) is 0 Å². The van der Waals surface area contributed by atoms with E-state index in [4.69, 9.17) is 10.2 Å². The molecule has 2 N–H and O–H groups in total. The van der Waals surface area contributed by atoms with Crippen LogP contribution >= 0.6 is 0 Å². The van der Waals surface area contributed by atoms with Crippen molar-refractivity contribution in [3.63, 3.8) is 0 Å². The average Bonchev–Trinajstić information content (AvgIpc) is 2.14. The van der Waals surface area contributed by atoms with Crippen LogP contribution in [0.1, 0.15) is 38.5 Å². The maximum atomic E-state index is 10.2. The molecule has 0 unspecified atom stereocenters. The van der Waals surface area contributed by atoms with Gasteiger partial charge in [0.1, 0.15) is 0 Å². The van der Waals surface area contributed by atoms with Crippen molar-refractivity contribution < 1.29 is 19.8 Å². The normalized spacial score (nSPS) is 10.1. The van der Waals surface area contributed by atoms with Gasteiger partial charge in [0.05, 0.1) is 0 Å². The van der Waals surface area contributed by atoms with Gasteiger partial charge in [-0.3, -0.25) is 0 Å². The number of hydrogen-bond donors (Lipinski definition) is 2. The summed E-state index contributed by atoms with van der Waals surface area (Å²) in [6.07, 6.45) is 4.07. The molecule has 0 aromatic rings. The summed E-state index contributed by atoms with van der Waals surface area (Å²) in [5, 5.41) is 19.0.